The van der Waals surface area contributed by atoms with E-state index >= 15 is 0 Å². The van der Waals surface area contributed by atoms with Gasteiger partial charge in [-0.3, -0.25) is 15.2 Å². The number of nitrogens with zero attached hydrogens (tertiary/aromatic N) is 4. The first-order valence-corrected chi connectivity index (χ1v) is 11.7. The highest BCUT2D eigenvalue weighted by molar-refractivity contribution is 5.89. The van der Waals surface area contributed by atoms with Gasteiger partial charge < -0.3 is 10.1 Å². The van der Waals surface area contributed by atoms with Crippen LogP contribution in [-0.4, -0.2) is 65.1 Å². The number of benzene rings is 1. The molecule has 180 valence electrons. The zero-order valence-electron chi connectivity index (χ0n) is 20.4. The molecule has 1 saturated heterocycles. The summed E-state index contributed by atoms with van der Waals surface area (Å²) in [7, 11) is 1.71. The van der Waals surface area contributed by atoms with Gasteiger partial charge in [-0.25, -0.2) is 9.48 Å². The number of urea groups is 1. The highest BCUT2D eigenvalue weighted by Gasteiger charge is 2.34. The van der Waals surface area contributed by atoms with E-state index in [1.54, 1.807) is 24.2 Å². The summed E-state index contributed by atoms with van der Waals surface area (Å²) in [5, 5.41) is 11.0. The molecule has 4 rings (SSSR count). The van der Waals surface area contributed by atoms with E-state index in [9.17, 15) is 4.79 Å². The zero-order valence-corrected chi connectivity index (χ0v) is 20.4. The van der Waals surface area contributed by atoms with Gasteiger partial charge in [-0.2, -0.15) is 5.10 Å². The van der Waals surface area contributed by atoms with E-state index in [2.05, 4.69) is 53.4 Å². The molecule has 8 nitrogen and oxygen atoms in total. The Kier molecular flexibility index (Phi) is 7.29. The Bertz CT molecular complexity index is 1080. The number of amides is 2. The summed E-state index contributed by atoms with van der Waals surface area (Å²) in [5.74, 6) is 0.818. The zero-order chi connectivity index (χ0) is 24.1. The average molecular weight is 463 g/mol. The van der Waals surface area contributed by atoms with Crippen molar-refractivity contribution in [2.45, 2.75) is 38.1 Å². The van der Waals surface area contributed by atoms with Crippen molar-refractivity contribution >= 4 is 11.8 Å². The minimum absolute atomic E-state index is 0.0175. The summed E-state index contributed by atoms with van der Waals surface area (Å²) < 4.78 is 7.01. The summed E-state index contributed by atoms with van der Waals surface area (Å²) in [6, 6.07) is 15.8. The second-order valence-corrected chi connectivity index (χ2v) is 9.76. The lowest BCUT2D eigenvalue weighted by molar-refractivity contribution is 0.159. The molecule has 34 heavy (non-hydrogen) atoms. The van der Waals surface area contributed by atoms with Crippen molar-refractivity contribution in [3.05, 3.63) is 72.2 Å². The fraction of sp³-hybridized carbons (Fsp3) is 0.423. The number of anilines is 1. The van der Waals surface area contributed by atoms with Gasteiger partial charge in [0.05, 0.1) is 30.2 Å². The Hall–Kier alpha value is -3.23. The number of methoxy groups -OCH3 is 1. The van der Waals surface area contributed by atoms with Crippen LogP contribution in [-0.2, 0) is 10.2 Å². The van der Waals surface area contributed by atoms with Crippen LogP contribution in [0.15, 0.2) is 60.9 Å². The second-order valence-electron chi connectivity index (χ2n) is 9.76. The Labute approximate surface area is 201 Å². The number of carbonyl (C=O) groups excluding carboxylic acids is 1. The van der Waals surface area contributed by atoms with Crippen LogP contribution >= 0.6 is 0 Å². The third-order valence-electron chi connectivity index (χ3n) is 6.16. The lowest BCUT2D eigenvalue weighted by Crippen LogP contribution is -2.42. The summed E-state index contributed by atoms with van der Waals surface area (Å²) in [5.41, 5.74) is 2.75. The monoisotopic (exact) mass is 462 g/mol. The van der Waals surface area contributed by atoms with Crippen LogP contribution in [0.3, 0.4) is 0 Å². The summed E-state index contributed by atoms with van der Waals surface area (Å²) in [6.45, 7) is 9.45. The van der Waals surface area contributed by atoms with Crippen molar-refractivity contribution in [3.63, 3.8) is 0 Å². The predicted octanol–water partition coefficient (Wildman–Crippen LogP) is 3.80. The molecule has 2 aromatic heterocycles. The second kappa shape index (κ2) is 10.4. The molecule has 2 atom stereocenters. The first kappa shape index (κ1) is 23.9. The number of aromatic nitrogens is 3. The lowest BCUT2D eigenvalue weighted by Gasteiger charge is -2.20. The molecule has 0 radical (unpaired) electrons. The lowest BCUT2D eigenvalue weighted by atomic mass is 9.92. The van der Waals surface area contributed by atoms with E-state index < -0.39 is 0 Å². The van der Waals surface area contributed by atoms with Gasteiger partial charge in [0.25, 0.3) is 0 Å². The van der Waals surface area contributed by atoms with Crippen molar-refractivity contribution in [1.29, 1.82) is 0 Å². The maximum atomic E-state index is 13.2. The quantitative estimate of drug-likeness (QED) is 0.558. The highest BCUT2D eigenvalue weighted by atomic mass is 16.5. The molecule has 0 bridgehead atoms. The molecule has 1 aliphatic heterocycles. The molecule has 0 aliphatic carbocycles. The summed E-state index contributed by atoms with van der Waals surface area (Å²) in [4.78, 5) is 19.7. The van der Waals surface area contributed by atoms with Gasteiger partial charge in [-0.15, -0.1) is 0 Å². The minimum Gasteiger partial charge on any atom is -0.383 e. The Morgan fingerprint density at radius 3 is 2.62 bits per heavy atom. The number of rotatable bonds is 7. The van der Waals surface area contributed by atoms with Gasteiger partial charge in [-0.05, 0) is 17.7 Å². The number of pyridine rings is 1. The normalized spacial score (nSPS) is 18.7. The molecule has 1 fully saturated rings. The molecule has 3 aromatic rings. The molecule has 0 spiro atoms. The van der Waals surface area contributed by atoms with Crippen molar-refractivity contribution in [2.24, 2.45) is 0 Å². The molecule has 1 aliphatic rings. The maximum Gasteiger partial charge on any atom is 0.320 e. The molecular formula is C26H34N6O2. The van der Waals surface area contributed by atoms with E-state index in [1.165, 1.54) is 5.56 Å². The minimum atomic E-state index is -0.245. The van der Waals surface area contributed by atoms with Crippen LogP contribution in [0.4, 0.5) is 10.6 Å². The van der Waals surface area contributed by atoms with Crippen LogP contribution in [0, 0.1) is 0 Å². The van der Waals surface area contributed by atoms with Crippen LogP contribution in [0.5, 0.6) is 0 Å². The number of carbonyl (C=O) groups is 1. The van der Waals surface area contributed by atoms with Crippen molar-refractivity contribution in [2.75, 3.05) is 38.7 Å². The molecule has 2 N–H and O–H groups in total. The van der Waals surface area contributed by atoms with E-state index in [4.69, 9.17) is 9.84 Å². The van der Waals surface area contributed by atoms with E-state index in [0.717, 1.165) is 31.0 Å². The van der Waals surface area contributed by atoms with E-state index in [-0.39, 0.29) is 23.4 Å². The molecule has 1 aromatic carbocycles. The maximum absolute atomic E-state index is 13.2. The average Bonchev–Trinajstić information content (AvgIpc) is 3.43. The predicted molar refractivity (Wildman–Crippen MR) is 134 cm³/mol. The first-order valence-electron chi connectivity index (χ1n) is 11.7. The Balaban J connectivity index is 1.53. The van der Waals surface area contributed by atoms with Gasteiger partial charge in [0.15, 0.2) is 0 Å². The molecule has 8 heteroatoms. The van der Waals surface area contributed by atoms with Gasteiger partial charge in [0, 0.05) is 50.3 Å². The molecule has 2 amide bonds. The third-order valence-corrected chi connectivity index (χ3v) is 6.16. The Morgan fingerprint density at radius 1 is 1.15 bits per heavy atom. The van der Waals surface area contributed by atoms with Crippen molar-refractivity contribution in [3.8, 4) is 5.69 Å². The van der Waals surface area contributed by atoms with Crippen LogP contribution in [0.25, 0.3) is 5.69 Å². The van der Waals surface area contributed by atoms with Crippen molar-refractivity contribution < 1.29 is 9.53 Å². The standard InChI is InChI=1S/C26H34N6O2/c1-26(2,3)23-15-24(32(30-23)20-11-8-12-27-16-20)29-25(33)28-22-18-31(13-14-34-4)17-21(22)19-9-6-5-7-10-19/h5-12,15-16,21-22H,13-14,17-18H2,1-4H3,(H2,28,29,33)/t21-,22+/m1/s1. The SMILES string of the molecule is COCCN1C[C@H](NC(=O)Nc2cc(C(C)(C)C)nn2-c2cccnc2)[C@@H](c2ccccc2)C1. The molecule has 0 unspecified atom stereocenters. The topological polar surface area (TPSA) is 84.3 Å². The van der Waals surface area contributed by atoms with Gasteiger partial charge in [0.2, 0.25) is 0 Å². The summed E-state index contributed by atoms with van der Waals surface area (Å²) in [6.07, 6.45) is 3.45. The van der Waals surface area contributed by atoms with Crippen molar-refractivity contribution in [1.82, 2.24) is 25.0 Å². The number of hydrogen-bond acceptors (Lipinski definition) is 5. The number of hydrogen-bond donors (Lipinski definition) is 2. The number of nitrogens with one attached hydrogen (secondary N) is 2. The fourth-order valence-corrected chi connectivity index (χ4v) is 4.31. The number of ether oxygens (including phenoxy) is 1. The Morgan fingerprint density at radius 2 is 1.94 bits per heavy atom. The first-order chi connectivity index (χ1) is 16.3. The largest absolute Gasteiger partial charge is 0.383 e. The van der Waals surface area contributed by atoms with E-state index in [1.807, 2.05) is 36.4 Å². The third kappa shape index (κ3) is 5.63. The van der Waals surface area contributed by atoms with Crippen LogP contribution in [0.2, 0.25) is 0 Å². The molecular weight excluding hydrogens is 428 g/mol. The number of likely N-dealkylation sites (tertiary alicyclic amines) is 1. The van der Waals surface area contributed by atoms with Crippen LogP contribution < -0.4 is 10.6 Å². The fourth-order valence-electron chi connectivity index (χ4n) is 4.31. The highest BCUT2D eigenvalue weighted by Crippen LogP contribution is 2.29. The smallest absolute Gasteiger partial charge is 0.320 e. The van der Waals surface area contributed by atoms with Crippen LogP contribution in [0.1, 0.15) is 37.9 Å². The molecule has 3 heterocycles. The van der Waals surface area contributed by atoms with Gasteiger partial charge >= 0.3 is 6.03 Å². The van der Waals surface area contributed by atoms with Gasteiger partial charge in [0.1, 0.15) is 5.82 Å². The van der Waals surface area contributed by atoms with E-state index in [0.29, 0.717) is 12.4 Å². The molecule has 0 saturated carbocycles. The van der Waals surface area contributed by atoms with Gasteiger partial charge in [-0.1, -0.05) is 51.1 Å². The summed E-state index contributed by atoms with van der Waals surface area (Å²) >= 11 is 0.